The first-order valence-electron chi connectivity index (χ1n) is 20.9. The van der Waals surface area contributed by atoms with Crippen molar-refractivity contribution in [1.29, 1.82) is 0 Å². The van der Waals surface area contributed by atoms with E-state index in [9.17, 15) is 9.59 Å². The third-order valence-corrected chi connectivity index (χ3v) is 12.6. The molecule has 0 unspecified atom stereocenters. The molecule has 8 heteroatoms. The minimum Gasteiger partial charge on any atom is -0.491 e. The number of carbonyl (C=O) groups is 4. The van der Waals surface area contributed by atoms with Crippen molar-refractivity contribution in [3.8, 4) is 11.5 Å². The third kappa shape index (κ3) is 5.78. The maximum atomic E-state index is 15.3. The van der Waals surface area contributed by atoms with Crippen molar-refractivity contribution in [3.63, 3.8) is 0 Å². The summed E-state index contributed by atoms with van der Waals surface area (Å²) in [4.78, 5) is 62.8. The zero-order valence-electron chi connectivity index (χ0n) is 33.4. The molecule has 4 amide bonds. The molecule has 6 aromatic rings. The van der Waals surface area contributed by atoms with Gasteiger partial charge in [-0.1, -0.05) is 49.9 Å². The van der Waals surface area contributed by atoms with E-state index in [2.05, 4.69) is 0 Å². The Labute approximate surface area is 337 Å². The molecule has 6 aromatic carbocycles. The van der Waals surface area contributed by atoms with E-state index >= 15 is 9.59 Å². The molecule has 0 N–H and O–H groups in total. The fourth-order valence-electron chi connectivity index (χ4n) is 10.1. The number of nitrogens with zero attached hydrogens (tertiary/aromatic N) is 2. The number of imide groups is 2. The van der Waals surface area contributed by atoms with E-state index in [1.165, 1.54) is 9.80 Å². The molecule has 2 heterocycles. The van der Waals surface area contributed by atoms with Gasteiger partial charge in [-0.25, -0.2) is 9.80 Å². The molecular weight excluding hydrogens is 725 g/mol. The van der Waals surface area contributed by atoms with Crippen LogP contribution >= 0.6 is 0 Å². The van der Waals surface area contributed by atoms with Crippen molar-refractivity contribution in [2.24, 2.45) is 0 Å². The number of rotatable bonds is 8. The summed E-state index contributed by atoms with van der Waals surface area (Å²) in [7, 11) is 0. The van der Waals surface area contributed by atoms with Gasteiger partial charge >= 0.3 is 0 Å². The van der Waals surface area contributed by atoms with Gasteiger partial charge in [0, 0.05) is 34.0 Å². The average Bonchev–Trinajstić information content (AvgIpc) is 3.94. The first kappa shape index (κ1) is 36.3. The van der Waals surface area contributed by atoms with E-state index in [4.69, 9.17) is 9.47 Å². The van der Waals surface area contributed by atoms with Crippen molar-refractivity contribution in [2.75, 3.05) is 9.80 Å². The quantitative estimate of drug-likeness (QED) is 0.113. The summed E-state index contributed by atoms with van der Waals surface area (Å²) in [5.74, 6) is -0.170. The van der Waals surface area contributed by atoms with E-state index in [1.807, 2.05) is 88.4 Å². The van der Waals surface area contributed by atoms with Crippen LogP contribution in [0, 0.1) is 0 Å². The van der Waals surface area contributed by atoms with E-state index in [1.54, 1.807) is 24.3 Å². The predicted octanol–water partition coefficient (Wildman–Crippen LogP) is 11.6. The number of hydrogen-bond acceptors (Lipinski definition) is 6. The normalized spacial score (nSPS) is 17.3. The SMILES string of the molecule is CC(C)Oc1cc(C2CCCC2)cc(N2C(=O)c3ccc4c5c(c6cc7ccccc7cc6c(c35)C2=O)C(=O)N(c2cc(OC(C)C)cc(C3CCCC3)c2)C4=O)c1. The molecule has 0 bridgehead atoms. The summed E-state index contributed by atoms with van der Waals surface area (Å²) in [5, 5.41) is 3.57. The van der Waals surface area contributed by atoms with Crippen LogP contribution in [0.25, 0.3) is 32.3 Å². The molecule has 10 rings (SSSR count). The van der Waals surface area contributed by atoms with E-state index < -0.39 is 23.6 Å². The summed E-state index contributed by atoms with van der Waals surface area (Å²) in [5.41, 5.74) is 4.14. The van der Waals surface area contributed by atoms with Gasteiger partial charge in [0.05, 0.1) is 34.7 Å². The molecule has 0 spiro atoms. The lowest BCUT2D eigenvalue weighted by Crippen LogP contribution is -2.44. The third-order valence-electron chi connectivity index (χ3n) is 12.6. The highest BCUT2D eigenvalue weighted by Gasteiger charge is 2.43. The van der Waals surface area contributed by atoms with Gasteiger partial charge in [-0.15, -0.1) is 0 Å². The van der Waals surface area contributed by atoms with E-state index in [-0.39, 0.29) is 23.3 Å². The van der Waals surface area contributed by atoms with Crippen LogP contribution in [-0.2, 0) is 0 Å². The molecule has 2 fully saturated rings. The number of hydrogen-bond donors (Lipinski definition) is 0. The van der Waals surface area contributed by atoms with E-state index in [0.29, 0.717) is 67.4 Å². The molecular formula is C50H46N2O6. The molecule has 58 heavy (non-hydrogen) atoms. The van der Waals surface area contributed by atoms with Crippen LogP contribution < -0.4 is 19.3 Å². The van der Waals surface area contributed by atoms with Crippen LogP contribution in [0.4, 0.5) is 11.4 Å². The monoisotopic (exact) mass is 770 g/mol. The predicted molar refractivity (Wildman–Crippen MR) is 228 cm³/mol. The molecule has 4 aliphatic rings. The lowest BCUT2D eigenvalue weighted by Gasteiger charge is -2.34. The average molecular weight is 771 g/mol. The molecule has 0 aromatic heterocycles. The van der Waals surface area contributed by atoms with Gasteiger partial charge in [-0.05, 0) is 146 Å². The topological polar surface area (TPSA) is 93.2 Å². The molecule has 2 aliphatic carbocycles. The van der Waals surface area contributed by atoms with Gasteiger partial charge in [0.2, 0.25) is 0 Å². The van der Waals surface area contributed by atoms with Crippen molar-refractivity contribution < 1.29 is 28.7 Å². The molecule has 0 atom stereocenters. The maximum Gasteiger partial charge on any atom is 0.266 e. The highest BCUT2D eigenvalue weighted by molar-refractivity contribution is 6.46. The molecule has 2 saturated carbocycles. The fourth-order valence-corrected chi connectivity index (χ4v) is 10.1. The van der Waals surface area contributed by atoms with Gasteiger partial charge in [0.15, 0.2) is 0 Å². The second kappa shape index (κ2) is 13.8. The standard InChI is InChI=1S/C50H46N2O6/c1-27(2)57-37-21-33(29-11-5-6-12-29)19-35(25-37)51-47(53)39-17-18-40-44-43(39)45(49(51)55)41-23-31-15-9-10-16-32(31)24-42(41)46(44)50(56)52(48(40)54)36-20-34(30-13-7-8-14-30)22-38(26-36)58-28(3)4/h9-10,15-30H,5-8,11-14H2,1-4H3. The first-order valence-corrected chi connectivity index (χ1v) is 20.9. The number of ether oxygens (including phenoxy) is 2. The van der Waals surface area contributed by atoms with Gasteiger partial charge < -0.3 is 9.47 Å². The number of amides is 4. The van der Waals surface area contributed by atoms with Crippen LogP contribution in [0.5, 0.6) is 11.5 Å². The lowest BCUT2D eigenvalue weighted by molar-refractivity contribution is 0.0874. The summed E-state index contributed by atoms with van der Waals surface area (Å²) in [6.07, 6.45) is 8.44. The Morgan fingerprint density at radius 1 is 0.500 bits per heavy atom. The largest absolute Gasteiger partial charge is 0.491 e. The van der Waals surface area contributed by atoms with Gasteiger partial charge in [-0.2, -0.15) is 0 Å². The Kier molecular flexibility index (Phi) is 8.66. The highest BCUT2D eigenvalue weighted by atomic mass is 16.5. The second-order valence-electron chi connectivity index (χ2n) is 17.1. The summed E-state index contributed by atoms with van der Waals surface area (Å²) in [6, 6.07) is 26.6. The molecule has 0 radical (unpaired) electrons. The first-order chi connectivity index (χ1) is 28.0. The summed E-state index contributed by atoms with van der Waals surface area (Å²) < 4.78 is 12.4. The van der Waals surface area contributed by atoms with Crippen molar-refractivity contribution in [2.45, 2.75) is 103 Å². The number of fused-ring (bicyclic) bond motifs is 4. The Morgan fingerprint density at radius 3 is 1.28 bits per heavy atom. The van der Waals surface area contributed by atoms with Gasteiger partial charge in [0.1, 0.15) is 11.5 Å². The maximum absolute atomic E-state index is 15.3. The van der Waals surface area contributed by atoms with Crippen LogP contribution in [-0.4, -0.2) is 35.8 Å². The fraction of sp³-hybridized carbons (Fsp3) is 0.320. The number of benzene rings is 6. The lowest BCUT2D eigenvalue weighted by atomic mass is 9.81. The molecule has 0 saturated heterocycles. The Bertz CT molecular complexity index is 2570. The van der Waals surface area contributed by atoms with Crippen LogP contribution in [0.15, 0.2) is 84.9 Å². The van der Waals surface area contributed by atoms with Gasteiger partial charge in [0.25, 0.3) is 23.6 Å². The van der Waals surface area contributed by atoms with Crippen molar-refractivity contribution >= 4 is 67.3 Å². The van der Waals surface area contributed by atoms with Crippen LogP contribution in [0.1, 0.15) is 143 Å². The van der Waals surface area contributed by atoms with Crippen molar-refractivity contribution in [3.05, 3.63) is 118 Å². The molecule has 2 aliphatic heterocycles. The Hall–Kier alpha value is -6.02. The zero-order valence-corrected chi connectivity index (χ0v) is 33.4. The molecule has 8 nitrogen and oxygen atoms in total. The van der Waals surface area contributed by atoms with Crippen molar-refractivity contribution in [1.82, 2.24) is 0 Å². The minimum absolute atomic E-state index is 0.109. The number of carbonyl (C=O) groups excluding carboxylic acids is 4. The highest BCUT2D eigenvalue weighted by Crippen LogP contribution is 2.47. The van der Waals surface area contributed by atoms with Crippen LogP contribution in [0.2, 0.25) is 0 Å². The number of anilines is 2. The minimum atomic E-state index is -0.503. The molecule has 292 valence electrons. The smallest absolute Gasteiger partial charge is 0.266 e. The summed E-state index contributed by atoms with van der Waals surface area (Å²) in [6.45, 7) is 7.83. The Morgan fingerprint density at radius 2 is 0.897 bits per heavy atom. The summed E-state index contributed by atoms with van der Waals surface area (Å²) >= 11 is 0. The van der Waals surface area contributed by atoms with E-state index in [0.717, 1.165) is 73.3 Å². The van der Waals surface area contributed by atoms with Crippen LogP contribution in [0.3, 0.4) is 0 Å². The zero-order chi connectivity index (χ0) is 40.0. The second-order valence-corrected chi connectivity index (χ2v) is 17.1. The Balaban J connectivity index is 1.20. The van der Waals surface area contributed by atoms with Gasteiger partial charge in [-0.3, -0.25) is 19.2 Å².